The van der Waals surface area contributed by atoms with Gasteiger partial charge in [0.2, 0.25) is 0 Å². The molecule has 4 nitrogen and oxygen atoms in total. The Kier molecular flexibility index (Phi) is 3.18. The van der Waals surface area contributed by atoms with E-state index in [0.717, 1.165) is 17.3 Å². The molecule has 0 radical (unpaired) electrons. The van der Waals surface area contributed by atoms with Gasteiger partial charge in [-0.05, 0) is 32.4 Å². The van der Waals surface area contributed by atoms with E-state index in [1.54, 1.807) is 6.20 Å². The van der Waals surface area contributed by atoms with E-state index < -0.39 is 5.79 Å². The summed E-state index contributed by atoms with van der Waals surface area (Å²) in [6.45, 7) is 10.2. The molecule has 2 aromatic heterocycles. The molecule has 5 heteroatoms. The van der Waals surface area contributed by atoms with Gasteiger partial charge in [0.1, 0.15) is 11.3 Å². The minimum Gasteiger partial charge on any atom is -0.344 e. The van der Waals surface area contributed by atoms with Crippen LogP contribution in [0.5, 0.6) is 0 Å². The normalized spacial score (nSPS) is 35.6. The Bertz CT molecular complexity index is 784. The Hall–Kier alpha value is -1.36. The first-order valence-corrected chi connectivity index (χ1v) is 8.33. The van der Waals surface area contributed by atoms with E-state index in [0.29, 0.717) is 5.15 Å². The molecule has 4 rings (SSSR count). The molecule has 23 heavy (non-hydrogen) atoms. The van der Waals surface area contributed by atoms with Crippen LogP contribution in [0.1, 0.15) is 33.2 Å². The summed E-state index contributed by atoms with van der Waals surface area (Å²) in [6.07, 6.45) is 6.76. The fourth-order valence-electron chi connectivity index (χ4n) is 4.06. The highest BCUT2D eigenvalue weighted by Gasteiger charge is 2.58. The molecule has 122 valence electrons. The third-order valence-electron chi connectivity index (χ3n) is 5.23. The fraction of sp³-hybridized carbons (Fsp3) is 0.500. The van der Waals surface area contributed by atoms with Gasteiger partial charge in [0, 0.05) is 23.2 Å². The number of halogens is 1. The van der Waals surface area contributed by atoms with E-state index in [1.165, 1.54) is 0 Å². The number of hydrogen-bond donors (Lipinski definition) is 0. The first kappa shape index (κ1) is 15.2. The summed E-state index contributed by atoms with van der Waals surface area (Å²) in [4.78, 5) is 4.16. The number of rotatable bonds is 2. The number of hydrogen-bond acceptors (Lipinski definition) is 3. The van der Waals surface area contributed by atoms with E-state index >= 15 is 0 Å². The van der Waals surface area contributed by atoms with Crippen molar-refractivity contribution in [2.75, 3.05) is 0 Å². The lowest BCUT2D eigenvalue weighted by atomic mass is 9.86. The minimum atomic E-state index is -0.569. The summed E-state index contributed by atoms with van der Waals surface area (Å²) in [6, 6.07) is 4.20. The maximum atomic E-state index is 6.25. The quantitative estimate of drug-likeness (QED) is 0.606. The van der Waals surface area contributed by atoms with Gasteiger partial charge < -0.3 is 14.0 Å². The summed E-state index contributed by atoms with van der Waals surface area (Å²) in [5.41, 5.74) is 0.964. The van der Waals surface area contributed by atoms with Gasteiger partial charge in [-0.25, -0.2) is 4.98 Å². The van der Waals surface area contributed by atoms with E-state index in [2.05, 4.69) is 29.3 Å². The lowest BCUT2D eigenvalue weighted by Gasteiger charge is -2.28. The number of pyridine rings is 1. The second-order valence-electron chi connectivity index (χ2n) is 7.26. The van der Waals surface area contributed by atoms with Crippen molar-refractivity contribution >= 4 is 22.5 Å². The predicted molar refractivity (Wildman–Crippen MR) is 90.5 cm³/mol. The molecule has 0 spiro atoms. The molecule has 1 aliphatic heterocycles. The average molecular weight is 333 g/mol. The summed E-state index contributed by atoms with van der Waals surface area (Å²) >= 11 is 6.22. The Morgan fingerprint density at radius 2 is 2.13 bits per heavy atom. The average Bonchev–Trinajstić information content (AvgIpc) is 3.12. The summed E-state index contributed by atoms with van der Waals surface area (Å²) in [5, 5.41) is 1.50. The number of ether oxygens (including phenoxy) is 2. The maximum Gasteiger partial charge on any atom is 0.163 e. The lowest BCUT2D eigenvalue weighted by Crippen LogP contribution is -2.31. The fourth-order valence-corrected chi connectivity index (χ4v) is 4.28. The van der Waals surface area contributed by atoms with Gasteiger partial charge in [-0.1, -0.05) is 24.6 Å². The predicted octanol–water partition coefficient (Wildman–Crippen LogP) is 4.35. The first-order valence-electron chi connectivity index (χ1n) is 7.95. The van der Waals surface area contributed by atoms with Crippen LogP contribution in [-0.2, 0) is 9.47 Å². The van der Waals surface area contributed by atoms with Gasteiger partial charge in [0.25, 0.3) is 0 Å². The Labute approximate surface area is 141 Å². The molecule has 1 aliphatic carbocycles. The zero-order valence-electron chi connectivity index (χ0n) is 13.6. The van der Waals surface area contributed by atoms with Crippen molar-refractivity contribution in [3.8, 4) is 0 Å². The standard InChI is InChI=1S/C18H21ClN2O2/c1-5-18(4)10-13(14-15(18)23-17(2,3)22-14)21-9-7-11-12(21)6-8-20-16(11)19/h5-9,13-15H,1,10H2,2-4H3/t13-,14+,15+,18+/m1/s1. The Morgan fingerprint density at radius 1 is 1.35 bits per heavy atom. The zero-order chi connectivity index (χ0) is 16.4. The molecule has 0 bridgehead atoms. The van der Waals surface area contributed by atoms with Gasteiger partial charge in [0.15, 0.2) is 5.79 Å². The maximum absolute atomic E-state index is 6.25. The molecule has 0 unspecified atom stereocenters. The second kappa shape index (κ2) is 4.82. The highest BCUT2D eigenvalue weighted by atomic mass is 35.5. The van der Waals surface area contributed by atoms with Crippen LogP contribution in [0.3, 0.4) is 0 Å². The summed E-state index contributed by atoms with van der Waals surface area (Å²) < 4.78 is 14.7. The number of nitrogens with zero attached hydrogens (tertiary/aromatic N) is 2. The van der Waals surface area contributed by atoms with Crippen LogP contribution in [0.25, 0.3) is 10.9 Å². The smallest absolute Gasteiger partial charge is 0.163 e. The van der Waals surface area contributed by atoms with Crippen LogP contribution in [-0.4, -0.2) is 27.5 Å². The topological polar surface area (TPSA) is 36.3 Å². The van der Waals surface area contributed by atoms with Crippen molar-refractivity contribution in [3.63, 3.8) is 0 Å². The highest BCUT2D eigenvalue weighted by Crippen LogP contribution is 2.54. The van der Waals surface area contributed by atoms with Gasteiger partial charge in [-0.2, -0.15) is 0 Å². The molecule has 0 N–H and O–H groups in total. The highest BCUT2D eigenvalue weighted by molar-refractivity contribution is 6.34. The summed E-state index contributed by atoms with van der Waals surface area (Å²) in [5.74, 6) is -0.569. The van der Waals surface area contributed by atoms with Gasteiger partial charge in [0.05, 0.1) is 17.7 Å². The van der Waals surface area contributed by atoms with Crippen LogP contribution < -0.4 is 0 Å². The van der Waals surface area contributed by atoms with E-state index in [1.807, 2.05) is 32.1 Å². The largest absolute Gasteiger partial charge is 0.344 e. The van der Waals surface area contributed by atoms with Crippen LogP contribution in [0.15, 0.2) is 37.2 Å². The molecule has 1 saturated carbocycles. The molecular weight excluding hydrogens is 312 g/mol. The van der Waals surface area contributed by atoms with E-state index in [4.69, 9.17) is 21.1 Å². The third kappa shape index (κ3) is 2.16. The van der Waals surface area contributed by atoms with Crippen LogP contribution in [0.4, 0.5) is 0 Å². The second-order valence-corrected chi connectivity index (χ2v) is 7.62. The lowest BCUT2D eigenvalue weighted by molar-refractivity contribution is -0.164. The van der Waals surface area contributed by atoms with Gasteiger partial charge in [-0.15, -0.1) is 6.58 Å². The van der Waals surface area contributed by atoms with Gasteiger partial charge in [-0.3, -0.25) is 0 Å². The van der Waals surface area contributed by atoms with E-state index in [-0.39, 0.29) is 23.7 Å². The van der Waals surface area contributed by atoms with Crippen molar-refractivity contribution in [2.24, 2.45) is 5.41 Å². The molecule has 1 saturated heterocycles. The molecule has 0 amide bonds. The van der Waals surface area contributed by atoms with Crippen LogP contribution in [0.2, 0.25) is 5.15 Å². The van der Waals surface area contributed by atoms with Crippen molar-refractivity contribution in [1.29, 1.82) is 0 Å². The minimum absolute atomic E-state index is 0.00413. The molecular formula is C18H21ClN2O2. The van der Waals surface area contributed by atoms with Crippen LogP contribution in [0, 0.1) is 5.41 Å². The van der Waals surface area contributed by atoms with Crippen molar-refractivity contribution in [2.45, 2.75) is 51.2 Å². The van der Waals surface area contributed by atoms with Crippen molar-refractivity contribution in [1.82, 2.24) is 9.55 Å². The van der Waals surface area contributed by atoms with E-state index in [9.17, 15) is 0 Å². The molecule has 2 aromatic rings. The van der Waals surface area contributed by atoms with Crippen LogP contribution >= 0.6 is 11.6 Å². The molecule has 0 aromatic carbocycles. The summed E-state index contributed by atoms with van der Waals surface area (Å²) in [7, 11) is 0. The Balaban J connectivity index is 1.82. The van der Waals surface area contributed by atoms with Gasteiger partial charge >= 0.3 is 0 Å². The van der Waals surface area contributed by atoms with Crippen molar-refractivity contribution < 1.29 is 9.47 Å². The molecule has 4 atom stereocenters. The number of fused-ring (bicyclic) bond motifs is 2. The molecule has 3 heterocycles. The number of aromatic nitrogens is 2. The third-order valence-corrected chi connectivity index (χ3v) is 5.53. The SMILES string of the molecule is C=C[C@@]1(C)C[C@@H](n2ccc3c(Cl)nccc32)[C@@H]2OC(C)(C)O[C@@H]21. The monoisotopic (exact) mass is 332 g/mol. The zero-order valence-corrected chi connectivity index (χ0v) is 14.4. The molecule has 2 aliphatic rings. The Morgan fingerprint density at radius 3 is 2.87 bits per heavy atom. The first-order chi connectivity index (χ1) is 10.8. The molecule has 2 fully saturated rings. The van der Waals surface area contributed by atoms with Crippen molar-refractivity contribution in [3.05, 3.63) is 42.3 Å².